The maximum Gasteiger partial charge on any atom is 0.225 e. The predicted molar refractivity (Wildman–Crippen MR) is 49.5 cm³/mol. The minimum Gasteiger partial charge on any atom is -0.369 e. The van der Waals surface area contributed by atoms with Crippen LogP contribution in [0, 0.1) is 11.3 Å². The molecule has 2 heteroatoms. The quantitative estimate of drug-likeness (QED) is 0.595. The van der Waals surface area contributed by atoms with Crippen LogP contribution >= 0.6 is 0 Å². The smallest absolute Gasteiger partial charge is 0.225 e. The Balaban J connectivity index is 2.96. The highest BCUT2D eigenvalue weighted by atomic mass is 16.1. The van der Waals surface area contributed by atoms with Crippen molar-refractivity contribution < 1.29 is 4.79 Å². The normalized spacial score (nSPS) is 27.9. The lowest BCUT2D eigenvalue weighted by atomic mass is 9.68. The van der Waals surface area contributed by atoms with Gasteiger partial charge in [0.15, 0.2) is 0 Å². The standard InChI is InChI=1S/C10H17NO/c1-7-5-4-6-10(2,3)8(7)9(11)12/h5,8H,4,6H2,1-3H3,(H2,11,12). The number of carbonyl (C=O) groups is 1. The summed E-state index contributed by atoms with van der Waals surface area (Å²) in [5.41, 5.74) is 6.54. The van der Waals surface area contributed by atoms with E-state index >= 15 is 0 Å². The maximum absolute atomic E-state index is 11.2. The summed E-state index contributed by atoms with van der Waals surface area (Å²) >= 11 is 0. The van der Waals surface area contributed by atoms with Gasteiger partial charge >= 0.3 is 0 Å². The third-order valence-electron chi connectivity index (χ3n) is 2.78. The van der Waals surface area contributed by atoms with Crippen LogP contribution in [0.3, 0.4) is 0 Å². The van der Waals surface area contributed by atoms with Crippen molar-refractivity contribution in [2.24, 2.45) is 17.1 Å². The minimum atomic E-state index is -0.187. The second-order valence-electron chi connectivity index (χ2n) is 4.31. The van der Waals surface area contributed by atoms with Gasteiger partial charge in [-0.1, -0.05) is 25.5 Å². The van der Waals surface area contributed by atoms with E-state index in [1.54, 1.807) is 0 Å². The van der Waals surface area contributed by atoms with E-state index in [9.17, 15) is 4.79 Å². The molecule has 0 aromatic rings. The van der Waals surface area contributed by atoms with Crippen LogP contribution in [0.2, 0.25) is 0 Å². The molecule has 0 bridgehead atoms. The molecule has 0 heterocycles. The Morgan fingerprint density at radius 2 is 2.25 bits per heavy atom. The SMILES string of the molecule is CC1=CCCC(C)(C)C1C(N)=O. The first-order chi connectivity index (χ1) is 5.45. The summed E-state index contributed by atoms with van der Waals surface area (Å²) < 4.78 is 0. The average molecular weight is 167 g/mol. The van der Waals surface area contributed by atoms with Crippen LogP contribution in [-0.2, 0) is 4.79 Å². The van der Waals surface area contributed by atoms with E-state index < -0.39 is 0 Å². The molecule has 12 heavy (non-hydrogen) atoms. The molecule has 2 nitrogen and oxygen atoms in total. The number of hydrogen-bond acceptors (Lipinski definition) is 1. The molecular formula is C10H17NO. The second kappa shape index (κ2) is 2.92. The number of primary amides is 1. The van der Waals surface area contributed by atoms with Crippen molar-refractivity contribution in [1.29, 1.82) is 0 Å². The number of hydrogen-bond donors (Lipinski definition) is 1. The molecule has 0 aromatic carbocycles. The Labute approximate surface area is 73.8 Å². The van der Waals surface area contributed by atoms with Crippen molar-refractivity contribution in [1.82, 2.24) is 0 Å². The minimum absolute atomic E-state index is 0.0463. The molecule has 1 atom stereocenters. The fourth-order valence-corrected chi connectivity index (χ4v) is 2.16. The van der Waals surface area contributed by atoms with E-state index in [0.717, 1.165) is 18.4 Å². The van der Waals surface area contributed by atoms with Crippen molar-refractivity contribution in [2.75, 3.05) is 0 Å². The Bertz CT molecular complexity index is 228. The first-order valence-electron chi connectivity index (χ1n) is 4.41. The molecule has 0 aliphatic heterocycles. The Morgan fingerprint density at radius 3 is 2.58 bits per heavy atom. The van der Waals surface area contributed by atoms with Gasteiger partial charge in [-0.05, 0) is 25.2 Å². The van der Waals surface area contributed by atoms with Gasteiger partial charge in [0.05, 0.1) is 5.92 Å². The summed E-state index contributed by atoms with van der Waals surface area (Å²) in [6.45, 7) is 6.22. The lowest BCUT2D eigenvalue weighted by molar-refractivity contribution is -0.124. The van der Waals surface area contributed by atoms with Crippen LogP contribution in [0.5, 0.6) is 0 Å². The molecular weight excluding hydrogens is 150 g/mol. The van der Waals surface area contributed by atoms with E-state index in [1.165, 1.54) is 0 Å². The molecule has 2 N–H and O–H groups in total. The molecule has 0 saturated carbocycles. The van der Waals surface area contributed by atoms with Gasteiger partial charge in [0.25, 0.3) is 0 Å². The summed E-state index contributed by atoms with van der Waals surface area (Å²) in [5.74, 6) is -0.250. The summed E-state index contributed by atoms with van der Waals surface area (Å²) in [7, 11) is 0. The van der Waals surface area contributed by atoms with Gasteiger partial charge in [0.2, 0.25) is 5.91 Å². The summed E-state index contributed by atoms with van der Waals surface area (Å²) in [5, 5.41) is 0. The highest BCUT2D eigenvalue weighted by Gasteiger charge is 2.36. The van der Waals surface area contributed by atoms with E-state index in [4.69, 9.17) is 5.73 Å². The van der Waals surface area contributed by atoms with E-state index in [1.807, 2.05) is 6.92 Å². The average Bonchev–Trinajstić information content (AvgIpc) is 1.82. The molecule has 1 aliphatic rings. The van der Waals surface area contributed by atoms with Gasteiger partial charge in [-0.3, -0.25) is 4.79 Å². The van der Waals surface area contributed by atoms with Crippen LogP contribution in [0.25, 0.3) is 0 Å². The fraction of sp³-hybridized carbons (Fsp3) is 0.700. The van der Waals surface area contributed by atoms with Gasteiger partial charge in [-0.15, -0.1) is 0 Å². The van der Waals surface area contributed by atoms with Crippen molar-refractivity contribution >= 4 is 5.91 Å². The first-order valence-corrected chi connectivity index (χ1v) is 4.41. The van der Waals surface area contributed by atoms with Crippen LogP contribution in [-0.4, -0.2) is 5.91 Å². The third-order valence-corrected chi connectivity index (χ3v) is 2.78. The second-order valence-corrected chi connectivity index (χ2v) is 4.31. The summed E-state index contributed by atoms with van der Waals surface area (Å²) in [6.07, 6.45) is 4.25. The molecule has 1 unspecified atom stereocenters. The molecule has 0 saturated heterocycles. The largest absolute Gasteiger partial charge is 0.369 e. The summed E-state index contributed by atoms with van der Waals surface area (Å²) in [6, 6.07) is 0. The van der Waals surface area contributed by atoms with Crippen LogP contribution in [0.4, 0.5) is 0 Å². The van der Waals surface area contributed by atoms with Crippen molar-refractivity contribution in [3.05, 3.63) is 11.6 Å². The Morgan fingerprint density at radius 1 is 1.67 bits per heavy atom. The lowest BCUT2D eigenvalue weighted by Gasteiger charge is -2.36. The number of carbonyl (C=O) groups excluding carboxylic acids is 1. The highest BCUT2D eigenvalue weighted by molar-refractivity contribution is 5.80. The molecule has 0 fully saturated rings. The maximum atomic E-state index is 11.2. The summed E-state index contributed by atoms with van der Waals surface area (Å²) in [4.78, 5) is 11.2. The van der Waals surface area contributed by atoms with Crippen LogP contribution < -0.4 is 5.73 Å². The first kappa shape index (κ1) is 9.30. The van der Waals surface area contributed by atoms with Gasteiger partial charge in [-0.2, -0.15) is 0 Å². The van der Waals surface area contributed by atoms with Gasteiger partial charge in [-0.25, -0.2) is 0 Å². The number of rotatable bonds is 1. The van der Waals surface area contributed by atoms with Gasteiger partial charge in [0, 0.05) is 0 Å². The van der Waals surface area contributed by atoms with Gasteiger partial charge in [0.1, 0.15) is 0 Å². The van der Waals surface area contributed by atoms with Crippen LogP contribution in [0.15, 0.2) is 11.6 Å². The Kier molecular flexibility index (Phi) is 2.27. The van der Waals surface area contributed by atoms with E-state index in [-0.39, 0.29) is 17.2 Å². The Hall–Kier alpha value is -0.790. The van der Waals surface area contributed by atoms with Crippen molar-refractivity contribution in [3.8, 4) is 0 Å². The topological polar surface area (TPSA) is 43.1 Å². The monoisotopic (exact) mass is 167 g/mol. The van der Waals surface area contributed by atoms with Crippen molar-refractivity contribution in [3.63, 3.8) is 0 Å². The van der Waals surface area contributed by atoms with Crippen molar-refractivity contribution in [2.45, 2.75) is 33.6 Å². The number of allylic oxidation sites excluding steroid dienone is 1. The number of nitrogens with two attached hydrogens (primary N) is 1. The van der Waals surface area contributed by atoms with Crippen LogP contribution in [0.1, 0.15) is 33.6 Å². The zero-order chi connectivity index (χ0) is 9.35. The zero-order valence-corrected chi connectivity index (χ0v) is 8.05. The number of amides is 1. The third kappa shape index (κ3) is 1.52. The molecule has 1 aliphatic carbocycles. The van der Waals surface area contributed by atoms with E-state index in [0.29, 0.717) is 0 Å². The molecule has 68 valence electrons. The van der Waals surface area contributed by atoms with Gasteiger partial charge < -0.3 is 5.73 Å². The molecule has 0 spiro atoms. The molecule has 0 radical (unpaired) electrons. The molecule has 0 aromatic heterocycles. The zero-order valence-electron chi connectivity index (χ0n) is 8.05. The lowest BCUT2D eigenvalue weighted by Crippen LogP contribution is -2.38. The molecule has 1 amide bonds. The molecule has 1 rings (SSSR count). The fourth-order valence-electron chi connectivity index (χ4n) is 2.16. The van der Waals surface area contributed by atoms with E-state index in [2.05, 4.69) is 19.9 Å². The highest BCUT2D eigenvalue weighted by Crippen LogP contribution is 2.40. The predicted octanol–water partition coefficient (Wildman–Crippen LogP) is 1.85.